The van der Waals surface area contributed by atoms with Gasteiger partial charge in [0.1, 0.15) is 6.61 Å². The molecular formula is C13H11ClN2O3. The number of hydrogen-bond donors (Lipinski definition) is 1. The predicted molar refractivity (Wildman–Crippen MR) is 69.5 cm³/mol. The van der Waals surface area contributed by atoms with E-state index in [0.717, 1.165) is 5.56 Å². The number of carboxylic acids is 1. The number of hydrogen-bond acceptors (Lipinski definition) is 4. The van der Waals surface area contributed by atoms with Gasteiger partial charge in [-0.15, -0.1) is 0 Å². The van der Waals surface area contributed by atoms with E-state index < -0.39 is 5.97 Å². The smallest absolute Gasteiger partial charge is 0.339 e. The van der Waals surface area contributed by atoms with Crippen molar-refractivity contribution in [2.75, 3.05) is 0 Å². The van der Waals surface area contributed by atoms with E-state index in [4.69, 9.17) is 21.4 Å². The van der Waals surface area contributed by atoms with Gasteiger partial charge in [0.15, 0.2) is 0 Å². The number of carbonyl (C=O) groups is 1. The van der Waals surface area contributed by atoms with Crippen LogP contribution in [0.15, 0.2) is 30.5 Å². The van der Waals surface area contributed by atoms with Crippen molar-refractivity contribution in [3.63, 3.8) is 0 Å². The zero-order chi connectivity index (χ0) is 13.8. The lowest BCUT2D eigenvalue weighted by atomic mass is 10.2. The van der Waals surface area contributed by atoms with E-state index in [-0.39, 0.29) is 11.6 Å². The number of halogens is 1. The Balaban J connectivity index is 2.06. The summed E-state index contributed by atoms with van der Waals surface area (Å²) in [5.41, 5.74) is 1.36. The van der Waals surface area contributed by atoms with E-state index in [9.17, 15) is 4.79 Å². The second-order valence-electron chi connectivity index (χ2n) is 3.87. The molecule has 1 heterocycles. The lowest BCUT2D eigenvalue weighted by Gasteiger charge is -2.06. The Morgan fingerprint density at radius 1 is 1.37 bits per heavy atom. The third-order valence-corrected chi connectivity index (χ3v) is 2.72. The van der Waals surface area contributed by atoms with E-state index in [1.165, 1.54) is 6.20 Å². The van der Waals surface area contributed by atoms with Crippen LogP contribution in [0.5, 0.6) is 6.01 Å². The maximum absolute atomic E-state index is 10.8. The number of aromatic nitrogens is 2. The van der Waals surface area contributed by atoms with Crippen LogP contribution >= 0.6 is 11.6 Å². The Labute approximate surface area is 114 Å². The van der Waals surface area contributed by atoms with Crippen LogP contribution in [0.25, 0.3) is 0 Å². The van der Waals surface area contributed by atoms with Crippen molar-refractivity contribution in [2.24, 2.45) is 0 Å². The highest BCUT2D eigenvalue weighted by atomic mass is 35.5. The summed E-state index contributed by atoms with van der Waals surface area (Å²) in [5, 5.41) is 9.51. The topological polar surface area (TPSA) is 72.3 Å². The second-order valence-corrected chi connectivity index (χ2v) is 4.31. The van der Waals surface area contributed by atoms with Gasteiger partial charge in [-0.1, -0.05) is 23.7 Å². The largest absolute Gasteiger partial charge is 0.478 e. The number of nitrogens with zero attached hydrogens (tertiary/aromatic N) is 2. The second kappa shape index (κ2) is 5.67. The normalized spacial score (nSPS) is 10.2. The minimum absolute atomic E-state index is 0.0684. The summed E-state index contributed by atoms with van der Waals surface area (Å²) in [6, 6.07) is 7.35. The summed E-state index contributed by atoms with van der Waals surface area (Å²) in [6.07, 6.45) is 1.24. The summed E-state index contributed by atoms with van der Waals surface area (Å²) < 4.78 is 5.39. The van der Waals surface area contributed by atoms with Crippen molar-refractivity contribution >= 4 is 17.6 Å². The fourth-order valence-electron chi connectivity index (χ4n) is 1.45. The van der Waals surface area contributed by atoms with Crippen LogP contribution in [0.2, 0.25) is 5.02 Å². The van der Waals surface area contributed by atoms with Crippen molar-refractivity contribution < 1.29 is 14.6 Å². The first-order chi connectivity index (χ1) is 9.06. The highest BCUT2D eigenvalue weighted by Crippen LogP contribution is 2.13. The average molecular weight is 279 g/mol. The summed E-state index contributed by atoms with van der Waals surface area (Å²) in [4.78, 5) is 18.7. The van der Waals surface area contributed by atoms with E-state index in [2.05, 4.69) is 9.97 Å². The quantitative estimate of drug-likeness (QED) is 0.931. The van der Waals surface area contributed by atoms with Crippen molar-refractivity contribution in [1.82, 2.24) is 9.97 Å². The SMILES string of the molecule is Cc1nc(OCc2ccc(Cl)cc2)ncc1C(=O)O. The zero-order valence-corrected chi connectivity index (χ0v) is 10.9. The Bertz CT molecular complexity index is 599. The van der Waals surface area contributed by atoms with Gasteiger partial charge in [-0.2, -0.15) is 4.98 Å². The third-order valence-electron chi connectivity index (χ3n) is 2.47. The molecule has 0 saturated carbocycles. The highest BCUT2D eigenvalue weighted by molar-refractivity contribution is 6.30. The molecule has 6 heteroatoms. The van der Waals surface area contributed by atoms with Gasteiger partial charge in [-0.05, 0) is 24.6 Å². The highest BCUT2D eigenvalue weighted by Gasteiger charge is 2.10. The molecule has 1 aromatic carbocycles. The van der Waals surface area contributed by atoms with Gasteiger partial charge in [-0.3, -0.25) is 0 Å². The molecule has 0 radical (unpaired) electrons. The van der Waals surface area contributed by atoms with Crippen LogP contribution in [0.3, 0.4) is 0 Å². The van der Waals surface area contributed by atoms with Gasteiger partial charge in [0.2, 0.25) is 0 Å². The first-order valence-electron chi connectivity index (χ1n) is 5.50. The molecule has 0 unspecified atom stereocenters. The van der Waals surface area contributed by atoms with E-state index in [1.54, 1.807) is 19.1 Å². The summed E-state index contributed by atoms with van der Waals surface area (Å²) in [7, 11) is 0. The van der Waals surface area contributed by atoms with Gasteiger partial charge >= 0.3 is 12.0 Å². The molecule has 1 N–H and O–H groups in total. The van der Waals surface area contributed by atoms with Gasteiger partial charge in [-0.25, -0.2) is 9.78 Å². The molecule has 19 heavy (non-hydrogen) atoms. The number of ether oxygens (including phenoxy) is 1. The Morgan fingerprint density at radius 3 is 2.63 bits per heavy atom. The fourth-order valence-corrected chi connectivity index (χ4v) is 1.58. The Morgan fingerprint density at radius 2 is 2.05 bits per heavy atom. The van der Waals surface area contributed by atoms with Gasteiger partial charge in [0, 0.05) is 11.2 Å². The van der Waals surface area contributed by atoms with Crippen LogP contribution in [0.4, 0.5) is 0 Å². The number of benzene rings is 1. The molecule has 98 valence electrons. The third kappa shape index (κ3) is 3.42. The summed E-state index contributed by atoms with van der Waals surface area (Å²) in [5.74, 6) is -1.05. The summed E-state index contributed by atoms with van der Waals surface area (Å²) >= 11 is 5.78. The maximum Gasteiger partial charge on any atom is 0.339 e. The van der Waals surface area contributed by atoms with E-state index in [1.807, 2.05) is 12.1 Å². The zero-order valence-electron chi connectivity index (χ0n) is 10.1. The number of carboxylic acid groups (broad SMARTS) is 1. The predicted octanol–water partition coefficient (Wildman–Crippen LogP) is 2.72. The van der Waals surface area contributed by atoms with Crippen LogP contribution in [-0.4, -0.2) is 21.0 Å². The summed E-state index contributed by atoms with van der Waals surface area (Å²) in [6.45, 7) is 1.89. The molecule has 2 aromatic rings. The van der Waals surface area contributed by atoms with Gasteiger partial charge < -0.3 is 9.84 Å². The van der Waals surface area contributed by atoms with E-state index >= 15 is 0 Å². The minimum Gasteiger partial charge on any atom is -0.478 e. The molecule has 0 bridgehead atoms. The van der Waals surface area contributed by atoms with Crippen LogP contribution < -0.4 is 4.74 Å². The molecule has 0 aliphatic carbocycles. The van der Waals surface area contributed by atoms with Crippen LogP contribution in [0, 0.1) is 6.92 Å². The Hall–Kier alpha value is -2.14. The van der Waals surface area contributed by atoms with Crippen LogP contribution in [0.1, 0.15) is 21.6 Å². The molecule has 0 atom stereocenters. The molecule has 0 saturated heterocycles. The van der Waals surface area contributed by atoms with Crippen molar-refractivity contribution in [3.8, 4) is 6.01 Å². The molecule has 0 amide bonds. The average Bonchev–Trinajstić information content (AvgIpc) is 2.37. The van der Waals surface area contributed by atoms with Gasteiger partial charge in [0.25, 0.3) is 0 Å². The monoisotopic (exact) mass is 278 g/mol. The molecule has 5 nitrogen and oxygen atoms in total. The number of aryl methyl sites for hydroxylation is 1. The standard InChI is InChI=1S/C13H11ClN2O3/c1-8-11(12(17)18)6-15-13(16-8)19-7-9-2-4-10(14)5-3-9/h2-6H,7H2,1H3,(H,17,18). The molecule has 0 spiro atoms. The fraction of sp³-hybridized carbons (Fsp3) is 0.154. The van der Waals surface area contributed by atoms with Gasteiger partial charge in [0.05, 0.1) is 11.3 Å². The molecule has 0 aliphatic heterocycles. The Kier molecular flexibility index (Phi) is 3.97. The van der Waals surface area contributed by atoms with Crippen molar-refractivity contribution in [3.05, 3.63) is 52.3 Å². The first kappa shape index (κ1) is 13.3. The van der Waals surface area contributed by atoms with Crippen LogP contribution in [-0.2, 0) is 6.61 Å². The van der Waals surface area contributed by atoms with Crippen molar-refractivity contribution in [1.29, 1.82) is 0 Å². The maximum atomic E-state index is 10.8. The molecule has 0 fully saturated rings. The number of rotatable bonds is 4. The van der Waals surface area contributed by atoms with Crippen molar-refractivity contribution in [2.45, 2.75) is 13.5 Å². The first-order valence-corrected chi connectivity index (χ1v) is 5.88. The lowest BCUT2D eigenvalue weighted by Crippen LogP contribution is -2.06. The van der Waals surface area contributed by atoms with E-state index in [0.29, 0.717) is 17.3 Å². The molecule has 1 aromatic heterocycles. The lowest BCUT2D eigenvalue weighted by molar-refractivity contribution is 0.0695. The number of aromatic carboxylic acids is 1. The molecular weight excluding hydrogens is 268 g/mol. The minimum atomic E-state index is -1.05. The molecule has 2 rings (SSSR count). The molecule has 0 aliphatic rings.